The Morgan fingerprint density at radius 1 is 1.17 bits per heavy atom. The zero-order valence-corrected chi connectivity index (χ0v) is 13.1. The number of hydrogen-bond acceptors (Lipinski definition) is 3. The van der Waals surface area contributed by atoms with Crippen molar-refractivity contribution in [2.45, 2.75) is 77.3 Å². The third kappa shape index (κ3) is 3.68. The average molecular weight is 276 g/mol. The number of nitrogens with one attached hydrogen (secondary N) is 1. The normalized spacial score (nSPS) is 28.6. The van der Waals surface area contributed by atoms with Crippen LogP contribution in [0.5, 0.6) is 0 Å². The molecule has 1 heterocycles. The van der Waals surface area contributed by atoms with E-state index in [1.807, 2.05) is 27.7 Å². The van der Waals surface area contributed by atoms with Gasteiger partial charge in [0.1, 0.15) is 0 Å². The van der Waals surface area contributed by atoms with Gasteiger partial charge in [0.25, 0.3) is 0 Å². The molecule has 0 saturated carbocycles. The molecule has 3 atom stereocenters. The molecule has 1 saturated heterocycles. The summed E-state index contributed by atoms with van der Waals surface area (Å²) in [6, 6.07) is 0.597. The van der Waals surface area contributed by atoms with Crippen molar-refractivity contribution in [3.8, 4) is 0 Å². The fourth-order valence-corrected chi connectivity index (χ4v) is 4.55. The topological polar surface area (TPSA) is 49.4 Å². The van der Waals surface area contributed by atoms with Crippen LogP contribution in [-0.2, 0) is 10.0 Å². The summed E-state index contributed by atoms with van der Waals surface area (Å²) in [5, 5.41) is 2.86. The lowest BCUT2D eigenvalue weighted by Gasteiger charge is -2.39. The predicted molar refractivity (Wildman–Crippen MR) is 76.1 cm³/mol. The lowest BCUT2D eigenvalue weighted by molar-refractivity contribution is 0.202. The highest BCUT2D eigenvalue weighted by atomic mass is 32.2. The highest BCUT2D eigenvalue weighted by molar-refractivity contribution is 7.89. The van der Waals surface area contributed by atoms with Crippen LogP contribution < -0.4 is 5.32 Å². The molecule has 0 aromatic carbocycles. The van der Waals surface area contributed by atoms with E-state index in [-0.39, 0.29) is 17.3 Å². The van der Waals surface area contributed by atoms with Crippen molar-refractivity contribution >= 4 is 10.0 Å². The minimum absolute atomic E-state index is 0.139. The van der Waals surface area contributed by atoms with Crippen LogP contribution in [0.4, 0.5) is 0 Å². The summed E-state index contributed by atoms with van der Waals surface area (Å²) in [6.07, 6.45) is 3.09. The van der Waals surface area contributed by atoms with Crippen molar-refractivity contribution in [1.82, 2.24) is 9.62 Å². The van der Waals surface area contributed by atoms with Gasteiger partial charge in [0.15, 0.2) is 0 Å². The highest BCUT2D eigenvalue weighted by Gasteiger charge is 2.37. The molecule has 1 aliphatic heterocycles. The smallest absolute Gasteiger partial charge is 0.218 e. The molecular formula is C13H28N2O2S. The Bertz CT molecular complexity index is 344. The van der Waals surface area contributed by atoms with E-state index in [0.717, 1.165) is 19.3 Å². The Morgan fingerprint density at radius 3 is 2.11 bits per heavy atom. The summed E-state index contributed by atoms with van der Waals surface area (Å²) in [7, 11) is -3.19. The molecule has 4 nitrogen and oxygen atoms in total. The van der Waals surface area contributed by atoms with Gasteiger partial charge >= 0.3 is 0 Å². The number of nitrogens with zero attached hydrogens (tertiary/aromatic N) is 1. The third-order valence-electron chi connectivity index (χ3n) is 3.73. The molecule has 0 radical (unpaired) electrons. The van der Waals surface area contributed by atoms with Gasteiger partial charge in [-0.25, -0.2) is 8.42 Å². The standard InChI is InChI=1S/C13H28N2O2S/c1-10(2)14-9-13(5)18(16,17)15-11(3)7-6-8-12(15)4/h10-14H,6-9H2,1-5H3/t11-,12+,13?. The molecule has 0 bridgehead atoms. The molecular weight excluding hydrogens is 248 g/mol. The fraction of sp³-hybridized carbons (Fsp3) is 1.00. The number of rotatable bonds is 5. The number of hydrogen-bond donors (Lipinski definition) is 1. The van der Waals surface area contributed by atoms with Crippen molar-refractivity contribution in [1.29, 1.82) is 0 Å². The monoisotopic (exact) mass is 276 g/mol. The van der Waals surface area contributed by atoms with Crippen LogP contribution in [0.25, 0.3) is 0 Å². The molecule has 1 rings (SSSR count). The summed E-state index contributed by atoms with van der Waals surface area (Å²) in [5.74, 6) is 0. The largest absolute Gasteiger partial charge is 0.313 e. The van der Waals surface area contributed by atoms with E-state index in [1.54, 1.807) is 11.2 Å². The number of sulfonamides is 1. The van der Waals surface area contributed by atoms with E-state index in [4.69, 9.17) is 0 Å². The van der Waals surface area contributed by atoms with Gasteiger partial charge in [-0.05, 0) is 33.6 Å². The van der Waals surface area contributed by atoms with Crippen LogP contribution in [0, 0.1) is 0 Å². The van der Waals surface area contributed by atoms with Crippen molar-refractivity contribution in [3.63, 3.8) is 0 Å². The van der Waals surface area contributed by atoms with Crippen molar-refractivity contribution in [2.24, 2.45) is 0 Å². The summed E-state index contributed by atoms with van der Waals surface area (Å²) in [4.78, 5) is 0. The maximum Gasteiger partial charge on any atom is 0.218 e. The molecule has 0 aromatic rings. The lowest BCUT2D eigenvalue weighted by Crippen LogP contribution is -2.52. The van der Waals surface area contributed by atoms with Gasteiger partial charge in [0, 0.05) is 24.7 Å². The second-order valence-electron chi connectivity index (χ2n) is 5.88. The first-order chi connectivity index (χ1) is 8.26. The average Bonchev–Trinajstić information content (AvgIpc) is 2.25. The summed E-state index contributed by atoms with van der Waals surface area (Å²) in [5.41, 5.74) is 0. The van der Waals surface area contributed by atoms with Gasteiger partial charge in [-0.2, -0.15) is 4.31 Å². The molecule has 1 fully saturated rings. The fourth-order valence-electron chi connectivity index (χ4n) is 2.61. The van der Waals surface area contributed by atoms with E-state index in [9.17, 15) is 8.42 Å². The molecule has 0 aliphatic carbocycles. The molecule has 18 heavy (non-hydrogen) atoms. The molecule has 0 amide bonds. The van der Waals surface area contributed by atoms with Crippen LogP contribution in [0.2, 0.25) is 0 Å². The minimum atomic E-state index is -3.19. The first kappa shape index (κ1) is 15.9. The van der Waals surface area contributed by atoms with Crippen LogP contribution in [0.3, 0.4) is 0 Å². The molecule has 0 aromatic heterocycles. The maximum atomic E-state index is 12.6. The zero-order valence-electron chi connectivity index (χ0n) is 12.3. The SMILES string of the molecule is CC(C)NCC(C)S(=O)(=O)N1[C@H](C)CCC[C@@H]1C. The molecule has 0 spiro atoms. The van der Waals surface area contributed by atoms with Gasteiger partial charge < -0.3 is 5.32 Å². The van der Waals surface area contributed by atoms with Crippen molar-refractivity contribution in [3.05, 3.63) is 0 Å². The minimum Gasteiger partial charge on any atom is -0.313 e. The number of piperidine rings is 1. The van der Waals surface area contributed by atoms with Gasteiger partial charge in [0.05, 0.1) is 5.25 Å². The molecule has 1 N–H and O–H groups in total. The van der Waals surface area contributed by atoms with Gasteiger partial charge in [-0.1, -0.05) is 20.3 Å². The van der Waals surface area contributed by atoms with Crippen molar-refractivity contribution < 1.29 is 8.42 Å². The zero-order chi connectivity index (χ0) is 13.9. The summed E-state index contributed by atoms with van der Waals surface area (Å²) < 4.78 is 26.9. The van der Waals surface area contributed by atoms with E-state index < -0.39 is 10.0 Å². The van der Waals surface area contributed by atoms with Crippen LogP contribution in [0.1, 0.15) is 53.9 Å². The van der Waals surface area contributed by atoms with Crippen LogP contribution in [-0.4, -0.2) is 42.6 Å². The van der Waals surface area contributed by atoms with E-state index in [2.05, 4.69) is 5.32 Å². The lowest BCUT2D eigenvalue weighted by atomic mass is 10.0. The Kier molecular flexibility index (Phi) is 5.62. The van der Waals surface area contributed by atoms with E-state index in [1.165, 1.54) is 0 Å². The van der Waals surface area contributed by atoms with Gasteiger partial charge in [0.2, 0.25) is 10.0 Å². The summed E-state index contributed by atoms with van der Waals surface area (Å²) in [6.45, 7) is 10.4. The molecule has 108 valence electrons. The summed E-state index contributed by atoms with van der Waals surface area (Å²) >= 11 is 0. The predicted octanol–water partition coefficient (Wildman–Crippen LogP) is 1.97. The van der Waals surface area contributed by atoms with Crippen LogP contribution in [0.15, 0.2) is 0 Å². The Morgan fingerprint density at radius 2 is 1.67 bits per heavy atom. The highest BCUT2D eigenvalue weighted by Crippen LogP contribution is 2.27. The Hall–Kier alpha value is -0.130. The molecule has 5 heteroatoms. The van der Waals surface area contributed by atoms with E-state index >= 15 is 0 Å². The Balaban J connectivity index is 2.77. The third-order valence-corrected chi connectivity index (χ3v) is 6.22. The first-order valence-corrected chi connectivity index (χ1v) is 8.52. The van der Waals surface area contributed by atoms with Gasteiger partial charge in [-0.15, -0.1) is 0 Å². The quantitative estimate of drug-likeness (QED) is 0.835. The second-order valence-corrected chi connectivity index (χ2v) is 8.13. The molecule has 1 unspecified atom stereocenters. The van der Waals surface area contributed by atoms with E-state index in [0.29, 0.717) is 12.6 Å². The second kappa shape index (κ2) is 6.35. The van der Waals surface area contributed by atoms with Crippen LogP contribution >= 0.6 is 0 Å². The Labute approximate surface area is 112 Å². The first-order valence-electron chi connectivity index (χ1n) is 7.02. The van der Waals surface area contributed by atoms with Gasteiger partial charge in [-0.3, -0.25) is 0 Å². The molecule has 1 aliphatic rings. The van der Waals surface area contributed by atoms with Crippen molar-refractivity contribution in [2.75, 3.05) is 6.54 Å². The maximum absolute atomic E-state index is 12.6.